The average molecular weight is 258 g/mol. The largest absolute Gasteiger partial charge is 0.478 e. The summed E-state index contributed by atoms with van der Waals surface area (Å²) in [4.78, 5) is 19.8. The first-order chi connectivity index (χ1) is 9.09. The van der Waals surface area contributed by atoms with Crippen LogP contribution in [0, 0.1) is 13.8 Å². The van der Waals surface area contributed by atoms with Gasteiger partial charge in [0.2, 0.25) is 0 Å². The highest BCUT2D eigenvalue weighted by Gasteiger charge is 2.23. The molecule has 0 radical (unpaired) electrons. The van der Waals surface area contributed by atoms with Gasteiger partial charge in [-0.3, -0.25) is 0 Å². The Morgan fingerprint density at radius 3 is 2.79 bits per heavy atom. The number of hydrogen-bond acceptors (Lipinski definition) is 4. The van der Waals surface area contributed by atoms with Crippen LogP contribution >= 0.6 is 0 Å². The monoisotopic (exact) mass is 258 g/mol. The smallest absolute Gasteiger partial charge is 0.339 e. The third-order valence-electron chi connectivity index (χ3n) is 3.56. The molecule has 2 aromatic heterocycles. The van der Waals surface area contributed by atoms with Crippen molar-refractivity contribution < 1.29 is 9.90 Å². The zero-order valence-corrected chi connectivity index (χ0v) is 10.8. The van der Waals surface area contributed by atoms with Gasteiger partial charge in [-0.1, -0.05) is 0 Å². The summed E-state index contributed by atoms with van der Waals surface area (Å²) in [5.74, 6) is -0.234. The molecule has 19 heavy (non-hydrogen) atoms. The third-order valence-corrected chi connectivity index (χ3v) is 3.56. The van der Waals surface area contributed by atoms with Gasteiger partial charge in [0.25, 0.3) is 0 Å². The van der Waals surface area contributed by atoms with Gasteiger partial charge in [-0.25, -0.2) is 19.4 Å². The van der Waals surface area contributed by atoms with Crippen LogP contribution in [0.5, 0.6) is 0 Å². The van der Waals surface area contributed by atoms with Gasteiger partial charge in [-0.05, 0) is 33.1 Å². The van der Waals surface area contributed by atoms with Crippen LogP contribution < -0.4 is 0 Å². The summed E-state index contributed by atoms with van der Waals surface area (Å²) in [7, 11) is 0. The van der Waals surface area contributed by atoms with Crippen LogP contribution in [0.15, 0.2) is 6.33 Å². The molecule has 0 aromatic carbocycles. The van der Waals surface area contributed by atoms with Crippen molar-refractivity contribution in [3.05, 3.63) is 34.5 Å². The lowest BCUT2D eigenvalue weighted by atomic mass is 10.2. The first-order valence-electron chi connectivity index (χ1n) is 6.22. The molecule has 1 aliphatic carbocycles. The van der Waals surface area contributed by atoms with Crippen LogP contribution in [0.2, 0.25) is 0 Å². The van der Waals surface area contributed by atoms with Crippen LogP contribution in [0.3, 0.4) is 0 Å². The number of hydrogen-bond donors (Lipinski definition) is 1. The SMILES string of the molecule is Cc1nn(-c2ncnc3c2CCC3)c(C)c1C(=O)O. The van der Waals surface area contributed by atoms with Crippen molar-refractivity contribution in [1.29, 1.82) is 0 Å². The van der Waals surface area contributed by atoms with Crippen LogP contribution in [0.4, 0.5) is 0 Å². The van der Waals surface area contributed by atoms with Crippen molar-refractivity contribution in [1.82, 2.24) is 19.7 Å². The molecule has 0 spiro atoms. The van der Waals surface area contributed by atoms with E-state index in [9.17, 15) is 9.90 Å². The molecule has 6 nitrogen and oxygen atoms in total. The lowest BCUT2D eigenvalue weighted by molar-refractivity contribution is 0.0695. The summed E-state index contributed by atoms with van der Waals surface area (Å²) in [5.41, 5.74) is 3.51. The van der Waals surface area contributed by atoms with Crippen LogP contribution in [0.1, 0.15) is 39.4 Å². The molecule has 2 aromatic rings. The van der Waals surface area contributed by atoms with E-state index in [1.54, 1.807) is 18.5 Å². The molecule has 0 bridgehead atoms. The second-order valence-corrected chi connectivity index (χ2v) is 4.74. The number of aryl methyl sites for hydroxylation is 2. The molecule has 0 saturated carbocycles. The topological polar surface area (TPSA) is 80.9 Å². The normalized spacial score (nSPS) is 13.6. The number of carboxylic acid groups (broad SMARTS) is 1. The van der Waals surface area contributed by atoms with Gasteiger partial charge in [0.05, 0.1) is 11.4 Å². The van der Waals surface area contributed by atoms with Crippen LogP contribution in [-0.2, 0) is 12.8 Å². The van der Waals surface area contributed by atoms with Gasteiger partial charge < -0.3 is 5.11 Å². The minimum absolute atomic E-state index is 0.255. The summed E-state index contributed by atoms with van der Waals surface area (Å²) in [6.45, 7) is 3.46. The lowest BCUT2D eigenvalue weighted by Gasteiger charge is -2.08. The number of carbonyl (C=O) groups is 1. The van der Waals surface area contributed by atoms with E-state index in [0.29, 0.717) is 11.4 Å². The molecule has 0 unspecified atom stereocenters. The average Bonchev–Trinajstić information content (AvgIpc) is 2.93. The van der Waals surface area contributed by atoms with Gasteiger partial charge in [-0.2, -0.15) is 5.10 Å². The van der Waals surface area contributed by atoms with E-state index < -0.39 is 5.97 Å². The van der Waals surface area contributed by atoms with E-state index in [2.05, 4.69) is 15.1 Å². The van der Waals surface area contributed by atoms with E-state index in [4.69, 9.17) is 0 Å². The lowest BCUT2D eigenvalue weighted by Crippen LogP contribution is -2.08. The summed E-state index contributed by atoms with van der Waals surface area (Å²) in [5, 5.41) is 13.5. The first kappa shape index (κ1) is 11.8. The Morgan fingerprint density at radius 1 is 1.32 bits per heavy atom. The highest BCUT2D eigenvalue weighted by atomic mass is 16.4. The fourth-order valence-corrected chi connectivity index (χ4v) is 2.68. The van der Waals surface area contributed by atoms with Gasteiger partial charge in [0.15, 0.2) is 5.82 Å². The van der Waals surface area contributed by atoms with Crippen LogP contribution in [-0.4, -0.2) is 30.8 Å². The Hall–Kier alpha value is -2.24. The molecule has 1 N–H and O–H groups in total. The van der Waals surface area contributed by atoms with Gasteiger partial charge in [0, 0.05) is 11.3 Å². The Balaban J connectivity index is 2.22. The number of aromatic nitrogens is 4. The summed E-state index contributed by atoms with van der Waals surface area (Å²) < 4.78 is 1.63. The molecular formula is C13H14N4O2. The molecule has 98 valence electrons. The minimum Gasteiger partial charge on any atom is -0.478 e. The fourth-order valence-electron chi connectivity index (χ4n) is 2.68. The van der Waals surface area contributed by atoms with Crippen molar-refractivity contribution >= 4 is 5.97 Å². The Kier molecular flexibility index (Phi) is 2.58. The van der Waals surface area contributed by atoms with E-state index in [1.807, 2.05) is 0 Å². The zero-order chi connectivity index (χ0) is 13.6. The predicted octanol–water partition coefficient (Wildman–Crippen LogP) is 1.47. The summed E-state index contributed by atoms with van der Waals surface area (Å²) in [6, 6.07) is 0. The molecule has 0 atom stereocenters. The number of rotatable bonds is 2. The van der Waals surface area contributed by atoms with Crippen LogP contribution in [0.25, 0.3) is 5.82 Å². The molecule has 6 heteroatoms. The second-order valence-electron chi connectivity index (χ2n) is 4.74. The maximum absolute atomic E-state index is 11.2. The standard InChI is InChI=1S/C13H14N4O2/c1-7-11(13(18)19)8(2)17(16-7)12-9-4-3-5-10(9)14-6-15-12/h6H,3-5H2,1-2H3,(H,18,19). The second kappa shape index (κ2) is 4.15. The molecule has 0 amide bonds. The highest BCUT2D eigenvalue weighted by molar-refractivity contribution is 5.90. The summed E-state index contributed by atoms with van der Waals surface area (Å²) in [6.07, 6.45) is 4.46. The van der Waals surface area contributed by atoms with E-state index in [-0.39, 0.29) is 5.56 Å². The molecule has 3 rings (SSSR count). The molecule has 0 aliphatic heterocycles. The van der Waals surface area contributed by atoms with Crippen molar-refractivity contribution in [3.63, 3.8) is 0 Å². The van der Waals surface area contributed by atoms with Gasteiger partial charge in [0.1, 0.15) is 11.9 Å². The van der Waals surface area contributed by atoms with Gasteiger partial charge >= 0.3 is 5.97 Å². The first-order valence-corrected chi connectivity index (χ1v) is 6.22. The highest BCUT2D eigenvalue weighted by Crippen LogP contribution is 2.26. The number of aromatic carboxylic acids is 1. The Bertz CT molecular complexity index is 676. The van der Waals surface area contributed by atoms with E-state index in [0.717, 1.165) is 36.3 Å². The van der Waals surface area contributed by atoms with Crippen molar-refractivity contribution in [2.24, 2.45) is 0 Å². The molecular weight excluding hydrogens is 244 g/mol. The van der Waals surface area contributed by atoms with E-state index >= 15 is 0 Å². The Labute approximate surface area is 110 Å². The molecule has 0 saturated heterocycles. The van der Waals surface area contributed by atoms with Gasteiger partial charge in [-0.15, -0.1) is 0 Å². The fraction of sp³-hybridized carbons (Fsp3) is 0.385. The number of carboxylic acids is 1. The Morgan fingerprint density at radius 2 is 2.11 bits per heavy atom. The number of nitrogens with zero attached hydrogens (tertiary/aromatic N) is 4. The minimum atomic E-state index is -0.952. The molecule has 1 aliphatic rings. The zero-order valence-electron chi connectivity index (χ0n) is 10.8. The quantitative estimate of drug-likeness (QED) is 0.882. The maximum Gasteiger partial charge on any atom is 0.339 e. The predicted molar refractivity (Wildman–Crippen MR) is 67.6 cm³/mol. The molecule has 0 fully saturated rings. The van der Waals surface area contributed by atoms with Crippen molar-refractivity contribution in [2.75, 3.05) is 0 Å². The molecule has 2 heterocycles. The van der Waals surface area contributed by atoms with Crippen molar-refractivity contribution in [3.8, 4) is 5.82 Å². The third kappa shape index (κ3) is 1.71. The maximum atomic E-state index is 11.2. The van der Waals surface area contributed by atoms with E-state index in [1.165, 1.54) is 6.33 Å². The summed E-state index contributed by atoms with van der Waals surface area (Å²) >= 11 is 0. The number of fused-ring (bicyclic) bond motifs is 1. The van der Waals surface area contributed by atoms with Crippen molar-refractivity contribution in [2.45, 2.75) is 33.1 Å².